The Hall–Kier alpha value is -2.03. The summed E-state index contributed by atoms with van der Waals surface area (Å²) in [5, 5.41) is 0. The van der Waals surface area contributed by atoms with E-state index < -0.39 is 5.82 Å². The molecule has 2 aromatic carbocycles. The zero-order valence-electron chi connectivity index (χ0n) is 11.2. The van der Waals surface area contributed by atoms with Gasteiger partial charge in [-0.05, 0) is 23.6 Å². The number of anilines is 1. The number of hydrogen-bond donors (Lipinski definition) is 1. The Labute approximate surface area is 113 Å². The van der Waals surface area contributed by atoms with Crippen LogP contribution in [0, 0.1) is 5.82 Å². The first-order valence-corrected chi connectivity index (χ1v) is 6.34. The van der Waals surface area contributed by atoms with Crippen molar-refractivity contribution in [3.63, 3.8) is 0 Å². The molecule has 19 heavy (non-hydrogen) atoms. The largest absolute Gasteiger partial charge is 0.489 e. The van der Waals surface area contributed by atoms with Gasteiger partial charge in [0.15, 0.2) is 5.82 Å². The lowest BCUT2D eigenvalue weighted by Gasteiger charge is -2.14. The molecule has 0 aliphatic heterocycles. The Morgan fingerprint density at radius 2 is 1.84 bits per heavy atom. The van der Waals surface area contributed by atoms with Gasteiger partial charge in [-0.15, -0.1) is 0 Å². The standard InChI is InChI=1S/C16H18FNO/c1-11(2)13-7-3-4-9-15(13)19-10-12-6-5-8-14(18)16(12)17/h3-9,11H,10,18H2,1-2H3. The van der Waals surface area contributed by atoms with Gasteiger partial charge < -0.3 is 10.5 Å². The van der Waals surface area contributed by atoms with Crippen LogP contribution < -0.4 is 10.5 Å². The topological polar surface area (TPSA) is 35.2 Å². The van der Waals surface area contributed by atoms with Crippen molar-refractivity contribution in [2.45, 2.75) is 26.4 Å². The summed E-state index contributed by atoms with van der Waals surface area (Å²) in [6.07, 6.45) is 0. The smallest absolute Gasteiger partial charge is 0.152 e. The van der Waals surface area contributed by atoms with Crippen LogP contribution in [0.25, 0.3) is 0 Å². The Balaban J connectivity index is 2.17. The molecule has 0 aliphatic rings. The number of nitrogens with two attached hydrogens (primary N) is 1. The van der Waals surface area contributed by atoms with Crippen LogP contribution in [0.2, 0.25) is 0 Å². The van der Waals surface area contributed by atoms with Crippen molar-refractivity contribution in [2.24, 2.45) is 0 Å². The maximum absolute atomic E-state index is 13.8. The molecule has 0 unspecified atom stereocenters. The lowest BCUT2D eigenvalue weighted by atomic mass is 10.0. The molecular weight excluding hydrogens is 241 g/mol. The minimum atomic E-state index is -0.399. The van der Waals surface area contributed by atoms with Gasteiger partial charge in [-0.2, -0.15) is 0 Å². The zero-order valence-corrected chi connectivity index (χ0v) is 11.2. The Morgan fingerprint density at radius 1 is 1.11 bits per heavy atom. The summed E-state index contributed by atoms with van der Waals surface area (Å²) < 4.78 is 19.5. The summed E-state index contributed by atoms with van der Waals surface area (Å²) >= 11 is 0. The molecule has 0 radical (unpaired) electrons. The molecule has 0 bridgehead atoms. The van der Waals surface area contributed by atoms with E-state index in [2.05, 4.69) is 13.8 Å². The van der Waals surface area contributed by atoms with Gasteiger partial charge in [0.2, 0.25) is 0 Å². The van der Waals surface area contributed by atoms with Crippen molar-refractivity contribution >= 4 is 5.69 Å². The molecule has 0 spiro atoms. The summed E-state index contributed by atoms with van der Waals surface area (Å²) in [5.74, 6) is 0.755. The number of benzene rings is 2. The van der Waals surface area contributed by atoms with Gasteiger partial charge in [0.25, 0.3) is 0 Å². The van der Waals surface area contributed by atoms with E-state index in [4.69, 9.17) is 10.5 Å². The van der Waals surface area contributed by atoms with Gasteiger partial charge in [0.1, 0.15) is 12.4 Å². The van der Waals surface area contributed by atoms with Crippen molar-refractivity contribution in [1.82, 2.24) is 0 Å². The fraction of sp³-hybridized carbons (Fsp3) is 0.250. The average Bonchev–Trinajstić information content (AvgIpc) is 2.40. The van der Waals surface area contributed by atoms with Gasteiger partial charge in [0, 0.05) is 5.56 Å². The van der Waals surface area contributed by atoms with Crippen molar-refractivity contribution in [3.05, 3.63) is 59.4 Å². The van der Waals surface area contributed by atoms with Crippen molar-refractivity contribution < 1.29 is 9.13 Å². The highest BCUT2D eigenvalue weighted by molar-refractivity contribution is 5.43. The van der Waals surface area contributed by atoms with Crippen LogP contribution in [0.15, 0.2) is 42.5 Å². The molecule has 0 aliphatic carbocycles. The van der Waals surface area contributed by atoms with Gasteiger partial charge in [-0.3, -0.25) is 0 Å². The van der Waals surface area contributed by atoms with E-state index in [9.17, 15) is 4.39 Å². The third-order valence-corrected chi connectivity index (χ3v) is 3.03. The van der Waals surface area contributed by atoms with Crippen molar-refractivity contribution in [1.29, 1.82) is 0 Å². The molecule has 0 saturated carbocycles. The van der Waals surface area contributed by atoms with Crippen molar-refractivity contribution in [2.75, 3.05) is 5.73 Å². The second-order valence-corrected chi connectivity index (χ2v) is 4.80. The molecule has 0 fully saturated rings. The highest BCUT2D eigenvalue weighted by Crippen LogP contribution is 2.27. The minimum Gasteiger partial charge on any atom is -0.489 e. The number of rotatable bonds is 4. The van der Waals surface area contributed by atoms with E-state index in [-0.39, 0.29) is 12.3 Å². The van der Waals surface area contributed by atoms with Crippen LogP contribution in [-0.4, -0.2) is 0 Å². The van der Waals surface area contributed by atoms with E-state index in [1.54, 1.807) is 18.2 Å². The molecule has 2 N–H and O–H groups in total. The highest BCUT2D eigenvalue weighted by Gasteiger charge is 2.09. The minimum absolute atomic E-state index is 0.151. The third kappa shape index (κ3) is 3.05. The quantitative estimate of drug-likeness (QED) is 0.839. The SMILES string of the molecule is CC(C)c1ccccc1OCc1cccc(N)c1F. The normalized spacial score (nSPS) is 10.7. The predicted molar refractivity (Wildman–Crippen MR) is 75.7 cm³/mol. The molecule has 0 atom stereocenters. The summed E-state index contributed by atoms with van der Waals surface area (Å²) in [6.45, 7) is 4.38. The molecule has 0 saturated heterocycles. The molecule has 2 nitrogen and oxygen atoms in total. The lowest BCUT2D eigenvalue weighted by molar-refractivity contribution is 0.296. The van der Waals surface area contributed by atoms with Crippen LogP contribution in [-0.2, 0) is 6.61 Å². The first kappa shape index (κ1) is 13.4. The molecule has 0 amide bonds. The first-order chi connectivity index (χ1) is 9.09. The molecular formula is C16H18FNO. The second-order valence-electron chi connectivity index (χ2n) is 4.80. The van der Waals surface area contributed by atoms with E-state index >= 15 is 0 Å². The van der Waals surface area contributed by atoms with Gasteiger partial charge in [0.05, 0.1) is 5.69 Å². The van der Waals surface area contributed by atoms with Crippen LogP contribution in [0.3, 0.4) is 0 Å². The first-order valence-electron chi connectivity index (χ1n) is 6.34. The van der Waals surface area contributed by atoms with Crippen molar-refractivity contribution in [3.8, 4) is 5.75 Å². The van der Waals surface area contributed by atoms with E-state index in [1.165, 1.54) is 0 Å². The number of nitrogen functional groups attached to an aromatic ring is 1. The van der Waals surface area contributed by atoms with Gasteiger partial charge in [-0.25, -0.2) is 4.39 Å². The molecule has 0 heterocycles. The van der Waals surface area contributed by atoms with E-state index in [0.29, 0.717) is 11.5 Å². The summed E-state index contributed by atoms with van der Waals surface area (Å²) in [6, 6.07) is 12.8. The molecule has 0 aromatic heterocycles. The Kier molecular flexibility index (Phi) is 4.05. The average molecular weight is 259 g/mol. The fourth-order valence-corrected chi connectivity index (χ4v) is 1.96. The number of hydrogen-bond acceptors (Lipinski definition) is 2. The highest BCUT2D eigenvalue weighted by atomic mass is 19.1. The molecule has 100 valence electrons. The molecule has 2 rings (SSSR count). The van der Waals surface area contributed by atoms with E-state index in [0.717, 1.165) is 11.3 Å². The number of ether oxygens (including phenoxy) is 1. The Bertz CT molecular complexity index is 566. The van der Waals surface area contributed by atoms with E-state index in [1.807, 2.05) is 24.3 Å². The molecule has 2 aromatic rings. The fourth-order valence-electron chi connectivity index (χ4n) is 1.96. The maximum atomic E-state index is 13.8. The number of para-hydroxylation sites is 1. The predicted octanol–water partition coefficient (Wildman–Crippen LogP) is 4.11. The monoisotopic (exact) mass is 259 g/mol. The Morgan fingerprint density at radius 3 is 2.58 bits per heavy atom. The lowest BCUT2D eigenvalue weighted by Crippen LogP contribution is -2.03. The van der Waals surface area contributed by atoms with Crippen LogP contribution in [0.5, 0.6) is 5.75 Å². The summed E-state index contributed by atoms with van der Waals surface area (Å²) in [4.78, 5) is 0. The van der Waals surface area contributed by atoms with Crippen LogP contribution in [0.4, 0.5) is 10.1 Å². The third-order valence-electron chi connectivity index (χ3n) is 3.03. The van der Waals surface area contributed by atoms with Crippen LogP contribution in [0.1, 0.15) is 30.9 Å². The van der Waals surface area contributed by atoms with Gasteiger partial charge >= 0.3 is 0 Å². The molecule has 3 heteroatoms. The number of halogens is 1. The maximum Gasteiger partial charge on any atom is 0.152 e. The summed E-state index contributed by atoms with van der Waals surface area (Å²) in [7, 11) is 0. The van der Waals surface area contributed by atoms with Gasteiger partial charge in [-0.1, -0.05) is 44.2 Å². The van der Waals surface area contributed by atoms with Crippen LogP contribution >= 0.6 is 0 Å². The second kappa shape index (κ2) is 5.74. The zero-order chi connectivity index (χ0) is 13.8. The summed E-state index contributed by atoms with van der Waals surface area (Å²) in [5.41, 5.74) is 7.28.